The SMILES string of the molecule is CCC(=O)NCCOCCOCC(=O)NCCOCCCOCC(=O)NC. The van der Waals surface area contributed by atoms with Gasteiger partial charge in [-0.3, -0.25) is 14.4 Å². The lowest BCUT2D eigenvalue weighted by atomic mass is 10.4. The Morgan fingerprint density at radius 1 is 0.667 bits per heavy atom. The summed E-state index contributed by atoms with van der Waals surface area (Å²) in [5.41, 5.74) is 0. The van der Waals surface area contributed by atoms with E-state index in [2.05, 4.69) is 16.0 Å². The second-order valence-corrected chi connectivity index (χ2v) is 5.41. The van der Waals surface area contributed by atoms with Crippen molar-refractivity contribution in [2.75, 3.05) is 73.0 Å². The van der Waals surface area contributed by atoms with Gasteiger partial charge >= 0.3 is 0 Å². The van der Waals surface area contributed by atoms with Crippen molar-refractivity contribution < 1.29 is 33.3 Å². The predicted octanol–water partition coefficient (Wildman–Crippen LogP) is -1.17. The third-order valence-corrected chi connectivity index (χ3v) is 3.15. The van der Waals surface area contributed by atoms with Crippen molar-refractivity contribution in [3.05, 3.63) is 0 Å². The highest BCUT2D eigenvalue weighted by molar-refractivity contribution is 5.77. The number of carbonyl (C=O) groups excluding carboxylic acids is 3. The zero-order chi connectivity index (χ0) is 20.2. The topological polar surface area (TPSA) is 124 Å². The van der Waals surface area contributed by atoms with Crippen molar-refractivity contribution in [2.45, 2.75) is 19.8 Å². The average Bonchev–Trinajstić information content (AvgIpc) is 2.68. The number of nitrogens with one attached hydrogen (secondary N) is 3. The summed E-state index contributed by atoms with van der Waals surface area (Å²) in [5, 5.41) is 7.83. The van der Waals surface area contributed by atoms with Crippen molar-refractivity contribution in [2.24, 2.45) is 0 Å². The second kappa shape index (κ2) is 19.0. The number of rotatable bonds is 18. The van der Waals surface area contributed by atoms with Crippen LogP contribution in [0.25, 0.3) is 0 Å². The highest BCUT2D eigenvalue weighted by atomic mass is 16.5. The highest BCUT2D eigenvalue weighted by Crippen LogP contribution is 1.85. The van der Waals surface area contributed by atoms with E-state index >= 15 is 0 Å². The van der Waals surface area contributed by atoms with Gasteiger partial charge in [0.2, 0.25) is 17.7 Å². The van der Waals surface area contributed by atoms with Crippen molar-refractivity contribution in [3.8, 4) is 0 Å². The molecule has 0 fully saturated rings. The van der Waals surface area contributed by atoms with Crippen LogP contribution in [0.15, 0.2) is 0 Å². The normalized spacial score (nSPS) is 10.4. The lowest BCUT2D eigenvalue weighted by molar-refractivity contribution is -0.126. The fraction of sp³-hybridized carbons (Fsp3) is 0.824. The van der Waals surface area contributed by atoms with Crippen LogP contribution in [0.3, 0.4) is 0 Å². The van der Waals surface area contributed by atoms with Crippen LogP contribution in [0.5, 0.6) is 0 Å². The molecular weight excluding hydrogens is 358 g/mol. The van der Waals surface area contributed by atoms with Gasteiger partial charge in [-0.25, -0.2) is 0 Å². The molecule has 158 valence electrons. The Morgan fingerprint density at radius 2 is 1.19 bits per heavy atom. The summed E-state index contributed by atoms with van der Waals surface area (Å²) in [5.74, 6) is -0.388. The zero-order valence-corrected chi connectivity index (χ0v) is 16.3. The van der Waals surface area contributed by atoms with E-state index in [1.165, 1.54) is 0 Å². The average molecular weight is 391 g/mol. The Hall–Kier alpha value is -1.75. The summed E-state index contributed by atoms with van der Waals surface area (Å²) < 4.78 is 20.9. The van der Waals surface area contributed by atoms with Crippen molar-refractivity contribution >= 4 is 17.7 Å². The molecule has 0 rings (SSSR count). The van der Waals surface area contributed by atoms with Crippen LogP contribution < -0.4 is 16.0 Å². The second-order valence-electron chi connectivity index (χ2n) is 5.41. The molecule has 0 unspecified atom stereocenters. The Labute approximate surface area is 160 Å². The molecule has 0 saturated heterocycles. The number of hydrogen-bond donors (Lipinski definition) is 3. The van der Waals surface area contributed by atoms with Crippen LogP contribution in [-0.2, 0) is 33.3 Å². The van der Waals surface area contributed by atoms with Crippen LogP contribution >= 0.6 is 0 Å². The fourth-order valence-electron chi connectivity index (χ4n) is 1.69. The Balaban J connectivity index is 3.24. The molecule has 0 aromatic heterocycles. The molecule has 0 bridgehead atoms. The van der Waals surface area contributed by atoms with Gasteiger partial charge in [-0.1, -0.05) is 6.92 Å². The van der Waals surface area contributed by atoms with Crippen LogP contribution in [0, 0.1) is 0 Å². The standard InChI is InChI=1S/C17H33N3O7/c1-3-15(21)19-5-10-25-11-12-27-14-17(23)20-6-9-24-7-4-8-26-13-16(22)18-2/h3-14H2,1-2H3,(H,18,22)(H,19,21)(H,20,23). The number of likely N-dealkylation sites (N-methyl/N-ethyl adjacent to an activating group) is 1. The Kier molecular flexibility index (Phi) is 17.8. The predicted molar refractivity (Wildman–Crippen MR) is 98.3 cm³/mol. The third kappa shape index (κ3) is 18.8. The third-order valence-electron chi connectivity index (χ3n) is 3.15. The van der Waals surface area contributed by atoms with E-state index in [1.54, 1.807) is 14.0 Å². The van der Waals surface area contributed by atoms with Crippen molar-refractivity contribution in [1.29, 1.82) is 0 Å². The molecule has 10 nitrogen and oxygen atoms in total. The maximum Gasteiger partial charge on any atom is 0.246 e. The van der Waals surface area contributed by atoms with Gasteiger partial charge in [0.1, 0.15) is 13.2 Å². The molecule has 0 saturated carbocycles. The first-order chi connectivity index (χ1) is 13.1. The molecule has 0 heterocycles. The van der Waals surface area contributed by atoms with Gasteiger partial charge in [0.25, 0.3) is 0 Å². The molecule has 10 heteroatoms. The summed E-state index contributed by atoms with van der Waals surface area (Å²) in [6, 6.07) is 0. The van der Waals surface area contributed by atoms with Crippen LogP contribution in [-0.4, -0.2) is 90.7 Å². The largest absolute Gasteiger partial charge is 0.380 e. The molecule has 0 aliphatic carbocycles. The van der Waals surface area contributed by atoms with Crippen molar-refractivity contribution in [1.82, 2.24) is 16.0 Å². The summed E-state index contributed by atoms with van der Waals surface area (Å²) in [6.07, 6.45) is 1.13. The van der Waals surface area contributed by atoms with Crippen LogP contribution in [0.2, 0.25) is 0 Å². The number of hydrogen-bond acceptors (Lipinski definition) is 7. The van der Waals surface area contributed by atoms with Gasteiger partial charge in [0, 0.05) is 39.8 Å². The van der Waals surface area contributed by atoms with E-state index in [0.29, 0.717) is 65.6 Å². The molecule has 0 spiro atoms. The monoisotopic (exact) mass is 391 g/mol. The van der Waals surface area contributed by atoms with E-state index in [1.807, 2.05) is 0 Å². The van der Waals surface area contributed by atoms with Crippen LogP contribution in [0.4, 0.5) is 0 Å². The van der Waals surface area contributed by atoms with E-state index in [-0.39, 0.29) is 30.9 Å². The van der Waals surface area contributed by atoms with Crippen molar-refractivity contribution in [3.63, 3.8) is 0 Å². The number of amides is 3. The molecule has 3 N–H and O–H groups in total. The maximum absolute atomic E-state index is 11.5. The summed E-state index contributed by atoms with van der Waals surface area (Å²) in [6.45, 7) is 5.08. The quantitative estimate of drug-likeness (QED) is 0.252. The molecule has 0 radical (unpaired) electrons. The van der Waals surface area contributed by atoms with Gasteiger partial charge < -0.3 is 34.9 Å². The molecule has 3 amide bonds. The van der Waals surface area contributed by atoms with Gasteiger partial charge in [0.15, 0.2) is 0 Å². The first kappa shape index (κ1) is 25.2. The minimum absolute atomic E-state index is 0.00940. The van der Waals surface area contributed by atoms with Gasteiger partial charge in [-0.2, -0.15) is 0 Å². The zero-order valence-electron chi connectivity index (χ0n) is 16.3. The van der Waals surface area contributed by atoms with Crippen LogP contribution in [0.1, 0.15) is 19.8 Å². The first-order valence-corrected chi connectivity index (χ1v) is 9.15. The fourth-order valence-corrected chi connectivity index (χ4v) is 1.69. The highest BCUT2D eigenvalue weighted by Gasteiger charge is 2.01. The lowest BCUT2D eigenvalue weighted by Crippen LogP contribution is -2.31. The van der Waals surface area contributed by atoms with E-state index in [4.69, 9.17) is 18.9 Å². The van der Waals surface area contributed by atoms with E-state index < -0.39 is 0 Å². The smallest absolute Gasteiger partial charge is 0.246 e. The van der Waals surface area contributed by atoms with Gasteiger partial charge in [-0.05, 0) is 6.42 Å². The molecular formula is C17H33N3O7. The summed E-state index contributed by atoms with van der Waals surface area (Å²) >= 11 is 0. The molecule has 0 aromatic carbocycles. The molecule has 27 heavy (non-hydrogen) atoms. The van der Waals surface area contributed by atoms with E-state index in [9.17, 15) is 14.4 Å². The molecule has 0 aliphatic rings. The first-order valence-electron chi connectivity index (χ1n) is 9.15. The van der Waals surface area contributed by atoms with E-state index in [0.717, 1.165) is 0 Å². The lowest BCUT2D eigenvalue weighted by Gasteiger charge is -2.08. The minimum Gasteiger partial charge on any atom is -0.380 e. The minimum atomic E-state index is -0.220. The molecule has 0 atom stereocenters. The van der Waals surface area contributed by atoms with Gasteiger partial charge in [-0.15, -0.1) is 0 Å². The Bertz CT molecular complexity index is 408. The molecule has 0 aliphatic heterocycles. The summed E-state index contributed by atoms with van der Waals surface area (Å²) in [7, 11) is 1.55. The van der Waals surface area contributed by atoms with Gasteiger partial charge in [0.05, 0.1) is 26.4 Å². The maximum atomic E-state index is 11.5. The molecule has 0 aromatic rings. The summed E-state index contributed by atoms with van der Waals surface area (Å²) in [4.78, 5) is 33.4. The Morgan fingerprint density at radius 3 is 1.85 bits per heavy atom. The number of ether oxygens (including phenoxy) is 4. The number of carbonyl (C=O) groups is 3.